The van der Waals surface area contributed by atoms with Crippen LogP contribution in [0.25, 0.3) is 34.3 Å². The maximum atomic E-state index is 11.0. The Labute approximate surface area is 188 Å². The molecule has 1 saturated heterocycles. The standard InChI is InChI=1S/C23H19ClN4O4/c1-13-19(15-5-3-2-4-6-15)26-31-20(13)22-25-21(27-32-22)17-8-7-14(9-18(17)24)10-28-11-16(12-28)23(29)30/h2-9,16H,10-12H2,1H3,(H,29,30). The summed E-state index contributed by atoms with van der Waals surface area (Å²) in [5.41, 5.74) is 4.10. The molecular weight excluding hydrogens is 432 g/mol. The Balaban J connectivity index is 1.34. The maximum Gasteiger partial charge on any atom is 0.309 e. The van der Waals surface area contributed by atoms with Gasteiger partial charge in [0, 0.05) is 36.3 Å². The second kappa shape index (κ2) is 8.22. The van der Waals surface area contributed by atoms with Crippen LogP contribution in [-0.4, -0.2) is 44.4 Å². The number of likely N-dealkylation sites (tertiary alicyclic amines) is 1. The van der Waals surface area contributed by atoms with Gasteiger partial charge in [0.15, 0.2) is 0 Å². The van der Waals surface area contributed by atoms with Crippen LogP contribution in [0.5, 0.6) is 0 Å². The van der Waals surface area contributed by atoms with Crippen molar-refractivity contribution in [3.63, 3.8) is 0 Å². The summed E-state index contributed by atoms with van der Waals surface area (Å²) in [5, 5.41) is 17.7. The molecule has 1 aliphatic heterocycles. The Morgan fingerprint density at radius 1 is 1.16 bits per heavy atom. The summed E-state index contributed by atoms with van der Waals surface area (Å²) in [6.07, 6.45) is 0. The average Bonchev–Trinajstić information content (AvgIpc) is 3.37. The Morgan fingerprint density at radius 2 is 1.94 bits per heavy atom. The molecule has 1 fully saturated rings. The maximum absolute atomic E-state index is 11.0. The van der Waals surface area contributed by atoms with Crippen molar-refractivity contribution in [2.45, 2.75) is 13.5 Å². The number of rotatable bonds is 6. The largest absolute Gasteiger partial charge is 0.481 e. The molecule has 0 amide bonds. The molecule has 0 radical (unpaired) electrons. The van der Waals surface area contributed by atoms with Crippen LogP contribution in [0.1, 0.15) is 11.1 Å². The highest BCUT2D eigenvalue weighted by molar-refractivity contribution is 6.33. The summed E-state index contributed by atoms with van der Waals surface area (Å²) in [7, 11) is 0. The molecule has 3 heterocycles. The number of benzene rings is 2. The Kier molecular flexibility index (Phi) is 5.24. The molecule has 1 aliphatic rings. The molecule has 0 aliphatic carbocycles. The molecule has 162 valence electrons. The van der Waals surface area contributed by atoms with E-state index in [1.165, 1.54) is 0 Å². The van der Waals surface area contributed by atoms with Gasteiger partial charge in [0.2, 0.25) is 11.6 Å². The minimum atomic E-state index is -0.750. The van der Waals surface area contributed by atoms with E-state index < -0.39 is 5.97 Å². The van der Waals surface area contributed by atoms with E-state index in [0.29, 0.717) is 41.8 Å². The minimum Gasteiger partial charge on any atom is -0.481 e. The lowest BCUT2D eigenvalue weighted by Gasteiger charge is -2.36. The number of aliphatic carboxylic acids is 1. The van der Waals surface area contributed by atoms with Crippen LogP contribution in [0.15, 0.2) is 57.6 Å². The zero-order chi connectivity index (χ0) is 22.2. The zero-order valence-corrected chi connectivity index (χ0v) is 17.9. The van der Waals surface area contributed by atoms with Crippen molar-refractivity contribution in [2.75, 3.05) is 13.1 Å². The van der Waals surface area contributed by atoms with E-state index in [2.05, 4.69) is 20.2 Å². The fraction of sp³-hybridized carbons (Fsp3) is 0.217. The molecule has 0 saturated carbocycles. The van der Waals surface area contributed by atoms with Crippen molar-refractivity contribution in [3.8, 4) is 34.3 Å². The lowest BCUT2D eigenvalue weighted by molar-refractivity contribution is -0.147. The monoisotopic (exact) mass is 450 g/mol. The van der Waals surface area contributed by atoms with E-state index in [0.717, 1.165) is 22.4 Å². The molecule has 32 heavy (non-hydrogen) atoms. The van der Waals surface area contributed by atoms with Gasteiger partial charge in [-0.25, -0.2) is 0 Å². The van der Waals surface area contributed by atoms with Crippen LogP contribution >= 0.6 is 11.6 Å². The smallest absolute Gasteiger partial charge is 0.309 e. The van der Waals surface area contributed by atoms with Crippen molar-refractivity contribution >= 4 is 17.6 Å². The zero-order valence-electron chi connectivity index (χ0n) is 17.2. The number of aromatic nitrogens is 3. The molecule has 2 aromatic heterocycles. The van der Waals surface area contributed by atoms with E-state index in [1.807, 2.05) is 55.5 Å². The predicted molar refractivity (Wildman–Crippen MR) is 117 cm³/mol. The van der Waals surface area contributed by atoms with Gasteiger partial charge in [-0.05, 0) is 24.6 Å². The van der Waals surface area contributed by atoms with Crippen LogP contribution in [0.3, 0.4) is 0 Å². The van der Waals surface area contributed by atoms with Gasteiger partial charge in [0.25, 0.3) is 5.89 Å². The van der Waals surface area contributed by atoms with Crippen LogP contribution < -0.4 is 0 Å². The first-order valence-electron chi connectivity index (χ1n) is 10.1. The number of halogens is 1. The van der Waals surface area contributed by atoms with Crippen LogP contribution in [0.4, 0.5) is 0 Å². The third kappa shape index (κ3) is 3.79. The van der Waals surface area contributed by atoms with E-state index in [1.54, 1.807) is 0 Å². The van der Waals surface area contributed by atoms with Gasteiger partial charge in [0.05, 0.1) is 10.9 Å². The van der Waals surface area contributed by atoms with Gasteiger partial charge in [-0.15, -0.1) is 0 Å². The molecule has 1 N–H and O–H groups in total. The quantitative estimate of drug-likeness (QED) is 0.456. The summed E-state index contributed by atoms with van der Waals surface area (Å²) in [4.78, 5) is 17.5. The fourth-order valence-electron chi connectivity index (χ4n) is 3.78. The topological polar surface area (TPSA) is 105 Å². The van der Waals surface area contributed by atoms with Crippen LogP contribution in [0.2, 0.25) is 5.02 Å². The molecule has 9 heteroatoms. The molecule has 0 bridgehead atoms. The van der Waals surface area contributed by atoms with Gasteiger partial charge in [0.1, 0.15) is 5.69 Å². The molecular formula is C23H19ClN4O4. The highest BCUT2D eigenvalue weighted by atomic mass is 35.5. The molecule has 0 atom stereocenters. The van der Waals surface area contributed by atoms with Crippen molar-refractivity contribution in [1.82, 2.24) is 20.2 Å². The van der Waals surface area contributed by atoms with Crippen LogP contribution in [-0.2, 0) is 11.3 Å². The normalized spacial score (nSPS) is 14.4. The summed E-state index contributed by atoms with van der Waals surface area (Å²) < 4.78 is 10.9. The Hall–Kier alpha value is -3.49. The second-order valence-electron chi connectivity index (χ2n) is 7.82. The van der Waals surface area contributed by atoms with Crippen molar-refractivity contribution in [2.24, 2.45) is 5.92 Å². The van der Waals surface area contributed by atoms with E-state index in [-0.39, 0.29) is 11.8 Å². The van der Waals surface area contributed by atoms with Gasteiger partial charge in [-0.2, -0.15) is 4.98 Å². The lowest BCUT2D eigenvalue weighted by Crippen LogP contribution is -2.49. The number of hydrogen-bond donors (Lipinski definition) is 1. The number of nitrogens with zero attached hydrogens (tertiary/aromatic N) is 4. The number of carboxylic acids is 1. The van der Waals surface area contributed by atoms with Gasteiger partial charge in [-0.3, -0.25) is 9.69 Å². The molecule has 5 rings (SSSR count). The Morgan fingerprint density at radius 3 is 2.66 bits per heavy atom. The van der Waals surface area contributed by atoms with Crippen molar-refractivity contribution < 1.29 is 18.9 Å². The number of carbonyl (C=O) groups is 1. The summed E-state index contributed by atoms with van der Waals surface area (Å²) in [6, 6.07) is 15.3. The average molecular weight is 451 g/mol. The first-order valence-corrected chi connectivity index (χ1v) is 10.5. The van der Waals surface area contributed by atoms with E-state index in [4.69, 9.17) is 25.8 Å². The first-order chi connectivity index (χ1) is 15.5. The molecule has 0 spiro atoms. The lowest BCUT2D eigenvalue weighted by atomic mass is 9.99. The third-order valence-corrected chi connectivity index (χ3v) is 5.89. The van der Waals surface area contributed by atoms with E-state index in [9.17, 15) is 4.79 Å². The highest BCUT2D eigenvalue weighted by Crippen LogP contribution is 2.33. The van der Waals surface area contributed by atoms with E-state index >= 15 is 0 Å². The molecule has 8 nitrogen and oxygen atoms in total. The summed E-state index contributed by atoms with van der Waals surface area (Å²) in [6.45, 7) is 3.63. The third-order valence-electron chi connectivity index (χ3n) is 5.58. The SMILES string of the molecule is Cc1c(-c2ccccc2)noc1-c1nc(-c2ccc(CN3CC(C(=O)O)C3)cc2Cl)no1. The Bertz CT molecular complexity index is 1280. The molecule has 0 unspecified atom stereocenters. The van der Waals surface area contributed by atoms with Crippen molar-refractivity contribution in [3.05, 3.63) is 64.7 Å². The highest BCUT2D eigenvalue weighted by Gasteiger charge is 2.32. The van der Waals surface area contributed by atoms with Crippen LogP contribution in [0, 0.1) is 12.8 Å². The molecule has 2 aromatic carbocycles. The summed E-state index contributed by atoms with van der Waals surface area (Å²) in [5.74, 6) is -0.0397. The number of carboxylic acid groups (broad SMARTS) is 1. The predicted octanol–water partition coefficient (Wildman–Crippen LogP) is 4.54. The van der Waals surface area contributed by atoms with Gasteiger partial charge < -0.3 is 14.2 Å². The fourth-order valence-corrected chi connectivity index (χ4v) is 4.06. The number of hydrogen-bond acceptors (Lipinski definition) is 7. The molecule has 4 aromatic rings. The summed E-state index contributed by atoms with van der Waals surface area (Å²) >= 11 is 6.49. The minimum absolute atomic E-state index is 0.229. The van der Waals surface area contributed by atoms with Gasteiger partial charge >= 0.3 is 5.97 Å². The second-order valence-corrected chi connectivity index (χ2v) is 8.23. The van der Waals surface area contributed by atoms with Crippen molar-refractivity contribution in [1.29, 1.82) is 0 Å². The first kappa shape index (κ1) is 20.4. The van der Waals surface area contributed by atoms with Gasteiger partial charge in [-0.1, -0.05) is 58.3 Å².